The third-order valence-electron chi connectivity index (χ3n) is 7.33. The lowest BCUT2D eigenvalue weighted by atomic mass is 9.95. The van der Waals surface area contributed by atoms with Gasteiger partial charge in [0.15, 0.2) is 4.80 Å². The number of methoxy groups -OCH3 is 1. The predicted octanol–water partition coefficient (Wildman–Crippen LogP) is 4.95. The number of thiazole rings is 1. The molecule has 0 aliphatic carbocycles. The average Bonchev–Trinajstić information content (AvgIpc) is 3.49. The van der Waals surface area contributed by atoms with Crippen molar-refractivity contribution in [3.8, 4) is 5.75 Å². The topological polar surface area (TPSA) is 74.8 Å². The van der Waals surface area contributed by atoms with Crippen molar-refractivity contribution in [2.75, 3.05) is 13.7 Å². The van der Waals surface area contributed by atoms with Crippen LogP contribution >= 0.6 is 11.3 Å². The fraction of sp³-hybridized carbons (Fsp3) is 0.182. The number of carbonyl (C=O) groups excluding carboxylic acids is 1. The third kappa shape index (κ3) is 4.86. The Kier molecular flexibility index (Phi) is 7.34. The van der Waals surface area contributed by atoms with Crippen molar-refractivity contribution < 1.29 is 18.7 Å². The second-order valence-corrected chi connectivity index (χ2v) is 10.9. The molecule has 3 heterocycles. The zero-order valence-electron chi connectivity index (χ0n) is 23.3. The Hall–Kier alpha value is -4.76. The Balaban J connectivity index is 1.53. The summed E-state index contributed by atoms with van der Waals surface area (Å²) in [5.41, 5.74) is 3.57. The van der Waals surface area contributed by atoms with Crippen LogP contribution in [0.5, 0.6) is 5.75 Å². The molecular weight excluding hydrogens is 553 g/mol. The number of halogens is 1. The molecule has 3 aromatic carbocycles. The van der Waals surface area contributed by atoms with Gasteiger partial charge in [-0.15, -0.1) is 0 Å². The van der Waals surface area contributed by atoms with Gasteiger partial charge in [-0.2, -0.15) is 0 Å². The van der Waals surface area contributed by atoms with E-state index >= 15 is 0 Å². The molecule has 0 fully saturated rings. The summed E-state index contributed by atoms with van der Waals surface area (Å²) < 4.78 is 29.3. The zero-order valence-corrected chi connectivity index (χ0v) is 24.2. The maximum absolute atomic E-state index is 14.5. The highest BCUT2D eigenvalue weighted by atomic mass is 32.1. The molecule has 0 saturated carbocycles. The number of hydrogen-bond acceptors (Lipinski definition) is 6. The minimum Gasteiger partial charge on any atom is -0.497 e. The Morgan fingerprint density at radius 3 is 2.67 bits per heavy atom. The lowest BCUT2D eigenvalue weighted by molar-refractivity contribution is -0.139. The van der Waals surface area contributed by atoms with Gasteiger partial charge in [0.1, 0.15) is 11.6 Å². The maximum atomic E-state index is 14.5. The Morgan fingerprint density at radius 2 is 1.88 bits per heavy atom. The second kappa shape index (κ2) is 11.3. The summed E-state index contributed by atoms with van der Waals surface area (Å²) >= 11 is 1.26. The number of rotatable bonds is 7. The van der Waals surface area contributed by atoms with Crippen molar-refractivity contribution in [1.82, 2.24) is 9.13 Å². The Bertz CT molecular complexity index is 2050. The quantitative estimate of drug-likeness (QED) is 0.255. The van der Waals surface area contributed by atoms with E-state index in [0.29, 0.717) is 44.0 Å². The number of ether oxygens (including phenoxy) is 2. The van der Waals surface area contributed by atoms with Crippen LogP contribution in [-0.2, 0) is 16.1 Å². The molecular formula is C33H28FN3O4S. The fourth-order valence-electron chi connectivity index (χ4n) is 5.39. The van der Waals surface area contributed by atoms with E-state index in [9.17, 15) is 14.0 Å². The van der Waals surface area contributed by atoms with Crippen LogP contribution in [0.4, 0.5) is 4.39 Å². The van der Waals surface area contributed by atoms with Crippen molar-refractivity contribution in [1.29, 1.82) is 0 Å². The molecule has 7 nitrogen and oxygen atoms in total. The number of para-hydroxylation sites is 1. The molecule has 1 aliphatic heterocycles. The average molecular weight is 582 g/mol. The molecule has 0 unspecified atom stereocenters. The minimum absolute atomic E-state index is 0.196. The third-order valence-corrected chi connectivity index (χ3v) is 8.31. The van der Waals surface area contributed by atoms with E-state index in [-0.39, 0.29) is 18.0 Å². The van der Waals surface area contributed by atoms with Crippen molar-refractivity contribution in [3.05, 3.63) is 132 Å². The van der Waals surface area contributed by atoms with E-state index in [0.717, 1.165) is 16.5 Å². The van der Waals surface area contributed by atoms with Crippen LogP contribution in [0.3, 0.4) is 0 Å². The van der Waals surface area contributed by atoms with Gasteiger partial charge in [0.25, 0.3) is 5.56 Å². The van der Waals surface area contributed by atoms with Gasteiger partial charge in [-0.1, -0.05) is 59.9 Å². The molecule has 0 spiro atoms. The first kappa shape index (κ1) is 27.4. The second-order valence-electron chi connectivity index (χ2n) is 9.90. The van der Waals surface area contributed by atoms with Crippen LogP contribution in [0.1, 0.15) is 36.6 Å². The number of allylic oxidation sites excluding steroid dienone is 1. The monoisotopic (exact) mass is 581 g/mol. The highest BCUT2D eigenvalue weighted by molar-refractivity contribution is 7.07. The van der Waals surface area contributed by atoms with Gasteiger partial charge in [-0.05, 0) is 49.8 Å². The van der Waals surface area contributed by atoms with Crippen molar-refractivity contribution in [2.24, 2.45) is 4.99 Å². The van der Waals surface area contributed by atoms with Crippen LogP contribution in [0, 0.1) is 5.82 Å². The zero-order chi connectivity index (χ0) is 29.4. The number of hydrogen-bond donors (Lipinski definition) is 0. The summed E-state index contributed by atoms with van der Waals surface area (Å²) in [5, 5.41) is 0.937. The van der Waals surface area contributed by atoms with Crippen LogP contribution in [0.25, 0.3) is 17.0 Å². The molecule has 42 heavy (non-hydrogen) atoms. The largest absolute Gasteiger partial charge is 0.497 e. The maximum Gasteiger partial charge on any atom is 0.338 e. The number of aromatic nitrogens is 2. The van der Waals surface area contributed by atoms with E-state index in [2.05, 4.69) is 4.99 Å². The molecule has 2 aromatic heterocycles. The molecule has 0 amide bonds. The number of carbonyl (C=O) groups is 1. The molecule has 212 valence electrons. The van der Waals surface area contributed by atoms with Crippen molar-refractivity contribution in [2.45, 2.75) is 26.4 Å². The molecule has 0 radical (unpaired) electrons. The highest BCUT2D eigenvalue weighted by Gasteiger charge is 2.33. The van der Waals surface area contributed by atoms with Gasteiger partial charge >= 0.3 is 5.97 Å². The van der Waals surface area contributed by atoms with Gasteiger partial charge < -0.3 is 14.0 Å². The van der Waals surface area contributed by atoms with Crippen LogP contribution in [-0.4, -0.2) is 28.8 Å². The highest BCUT2D eigenvalue weighted by Crippen LogP contribution is 2.32. The van der Waals surface area contributed by atoms with Crippen LogP contribution in [0.2, 0.25) is 0 Å². The normalized spacial score (nSPS) is 15.0. The summed E-state index contributed by atoms with van der Waals surface area (Å²) in [6.45, 7) is 4.04. The summed E-state index contributed by atoms with van der Waals surface area (Å²) in [5.74, 6) is -0.178. The smallest absolute Gasteiger partial charge is 0.338 e. The molecule has 6 rings (SSSR count). The van der Waals surface area contributed by atoms with Gasteiger partial charge in [0.05, 0.1) is 42.1 Å². The van der Waals surface area contributed by atoms with E-state index in [1.165, 1.54) is 17.4 Å². The van der Waals surface area contributed by atoms with E-state index in [1.807, 2.05) is 71.4 Å². The van der Waals surface area contributed by atoms with Gasteiger partial charge in [-0.25, -0.2) is 14.2 Å². The van der Waals surface area contributed by atoms with Gasteiger partial charge in [0.2, 0.25) is 0 Å². The number of benzene rings is 3. The summed E-state index contributed by atoms with van der Waals surface area (Å²) in [6, 6.07) is 21.1. The molecule has 9 heteroatoms. The first-order chi connectivity index (χ1) is 20.4. The molecule has 5 aromatic rings. The molecule has 0 N–H and O–H groups in total. The summed E-state index contributed by atoms with van der Waals surface area (Å²) in [7, 11) is 1.57. The van der Waals surface area contributed by atoms with Crippen LogP contribution in [0.15, 0.2) is 100 Å². The van der Waals surface area contributed by atoms with Crippen molar-refractivity contribution in [3.63, 3.8) is 0 Å². The SMILES string of the molecule is CCOC(=O)C1=C(C)N=c2s/c(=C\c3cn(Cc4ccccc4F)c4ccccc34)c(=O)n2[C@@H]1c1cccc(OC)c1. The van der Waals surface area contributed by atoms with Crippen LogP contribution < -0.4 is 19.6 Å². The lowest BCUT2D eigenvalue weighted by Crippen LogP contribution is -2.39. The molecule has 1 atom stereocenters. The Morgan fingerprint density at radius 1 is 1.10 bits per heavy atom. The number of nitrogens with zero attached hydrogens (tertiary/aromatic N) is 3. The van der Waals surface area contributed by atoms with E-state index < -0.39 is 12.0 Å². The predicted molar refractivity (Wildman–Crippen MR) is 161 cm³/mol. The van der Waals surface area contributed by atoms with E-state index in [1.54, 1.807) is 37.7 Å². The van der Waals surface area contributed by atoms with E-state index in [4.69, 9.17) is 9.47 Å². The standard InChI is InChI=1S/C33H28FN3O4S/c1-4-41-32(39)29-20(2)35-33-37(30(29)21-11-9-12-24(16-21)40-3)31(38)28(42-33)17-23-19-36(27-15-8-6-13-25(23)27)18-22-10-5-7-14-26(22)34/h5-17,19,30H,4,18H2,1-3H3/b28-17-/t30-/m1/s1. The van der Waals surface area contributed by atoms with Gasteiger partial charge in [0, 0.05) is 28.2 Å². The van der Waals surface area contributed by atoms with Gasteiger partial charge in [-0.3, -0.25) is 9.36 Å². The summed E-state index contributed by atoms with van der Waals surface area (Å²) in [6.07, 6.45) is 3.78. The fourth-order valence-corrected chi connectivity index (χ4v) is 6.43. The van der Waals surface area contributed by atoms with Crippen molar-refractivity contribution >= 4 is 34.3 Å². The molecule has 0 saturated heterocycles. The first-order valence-corrected chi connectivity index (χ1v) is 14.4. The first-order valence-electron chi connectivity index (χ1n) is 13.5. The lowest BCUT2D eigenvalue weighted by Gasteiger charge is -2.25. The molecule has 1 aliphatic rings. The minimum atomic E-state index is -0.736. The number of fused-ring (bicyclic) bond motifs is 2. The summed E-state index contributed by atoms with van der Waals surface area (Å²) in [4.78, 5) is 32.4. The molecule has 0 bridgehead atoms. The Labute approximate surface area is 245 Å². The number of esters is 1.